The quantitative estimate of drug-likeness (QED) is 0.0285. The Labute approximate surface area is 636 Å². The van der Waals surface area contributed by atoms with E-state index in [0.29, 0.717) is 95.8 Å². The zero-order valence-corrected chi connectivity index (χ0v) is 60.7. The molecular formula is C75H73N31O6. The maximum Gasteiger partial charge on any atom is 0.260 e. The maximum absolute atomic E-state index is 8.66. The van der Waals surface area contributed by atoms with E-state index in [9.17, 15) is 0 Å². The van der Waals surface area contributed by atoms with E-state index in [2.05, 4.69) is 81.5 Å². The lowest BCUT2D eigenvalue weighted by Crippen LogP contribution is -2.29. The van der Waals surface area contributed by atoms with Crippen LogP contribution in [0.15, 0.2) is 249 Å². The van der Waals surface area contributed by atoms with Crippen LogP contribution in [0.25, 0.3) is 33.1 Å². The number of fused-ring (bicyclic) bond motifs is 6. The Morgan fingerprint density at radius 1 is 0.375 bits per heavy atom. The molecule has 0 fully saturated rings. The summed E-state index contributed by atoms with van der Waals surface area (Å²) < 4.78 is 48.5. The van der Waals surface area contributed by atoms with Gasteiger partial charge in [0.05, 0.1) is 121 Å². The first-order valence-electron chi connectivity index (χ1n) is 35.2. The Morgan fingerprint density at radius 2 is 0.679 bits per heavy atom. The number of hydrogen-bond acceptors (Lipinski definition) is 26. The molecule has 14 aromatic heterocycles. The van der Waals surface area contributed by atoms with Crippen LogP contribution in [0.2, 0.25) is 0 Å². The number of aliphatic imine (C=N–C) groups is 6. The topological polar surface area (TPSA) is 455 Å². The van der Waals surface area contributed by atoms with E-state index in [0.717, 1.165) is 59.0 Å². The smallest absolute Gasteiger partial charge is 0.260 e. The summed E-state index contributed by atoms with van der Waals surface area (Å²) in [6.07, 6.45) is 27.8. The molecule has 12 N–H and O–H groups in total. The number of aromatic nitrogens is 16. The van der Waals surface area contributed by atoms with Gasteiger partial charge in [0.2, 0.25) is 0 Å². The van der Waals surface area contributed by atoms with Crippen LogP contribution < -0.4 is 61.6 Å². The summed E-state index contributed by atoms with van der Waals surface area (Å²) in [6.45, 7) is 7.01. The number of nitrogens with one attached hydrogen (secondary N) is 6. The lowest BCUT2D eigenvalue weighted by atomic mass is 10.2. The van der Waals surface area contributed by atoms with Crippen molar-refractivity contribution in [1.29, 1.82) is 16.2 Å². The summed E-state index contributed by atoms with van der Waals surface area (Å²) in [5.41, 5.74) is 27.6. The van der Waals surface area contributed by atoms with E-state index in [1.54, 1.807) is 64.5 Å². The number of pyridine rings is 6. The normalized spacial score (nSPS) is 14.7. The second-order valence-electron chi connectivity index (χ2n) is 24.6. The third kappa shape index (κ3) is 15.3. The first kappa shape index (κ1) is 72.0. The van der Waals surface area contributed by atoms with Crippen LogP contribution in [0.4, 0.5) is 34.1 Å². The number of methoxy groups -OCH3 is 2. The number of anilines is 3. The summed E-state index contributed by atoms with van der Waals surface area (Å²) >= 11 is 0. The molecule has 17 rings (SSSR count). The first-order chi connectivity index (χ1) is 54.8. The second-order valence-corrected chi connectivity index (χ2v) is 24.6. The molecule has 0 radical (unpaired) electrons. The van der Waals surface area contributed by atoms with E-state index in [4.69, 9.17) is 66.8 Å². The number of dihydropyridines is 3. The Morgan fingerprint density at radius 3 is 1.04 bits per heavy atom. The molecular weight excluding hydrogens is 1430 g/mol. The molecule has 0 saturated heterocycles. The molecule has 0 spiro atoms. The summed E-state index contributed by atoms with van der Waals surface area (Å²) in [7, 11) is 3.05. The average Bonchev–Trinajstić information content (AvgIpc) is 1.58. The van der Waals surface area contributed by atoms with Crippen molar-refractivity contribution in [3.63, 3.8) is 0 Å². The van der Waals surface area contributed by atoms with Gasteiger partial charge in [-0.2, -0.15) is 0 Å². The Kier molecular flexibility index (Phi) is 20.7. The molecule has 0 bridgehead atoms. The number of aryl methyl sites for hydroxylation is 2. The van der Waals surface area contributed by atoms with Crippen LogP contribution in [0.1, 0.15) is 26.7 Å². The highest BCUT2D eigenvalue weighted by molar-refractivity contribution is 6.54. The van der Waals surface area contributed by atoms with Crippen LogP contribution in [-0.2, 0) is 13.1 Å². The zero-order valence-electron chi connectivity index (χ0n) is 60.7. The fraction of sp³-hybridized carbons (Fsp3) is 0.160. The molecule has 14 aromatic rings. The number of imidazole rings is 2. The van der Waals surface area contributed by atoms with Gasteiger partial charge < -0.3 is 70.7 Å². The predicted octanol–water partition coefficient (Wildman–Crippen LogP) is 9.34. The van der Waals surface area contributed by atoms with Crippen molar-refractivity contribution in [1.82, 2.24) is 76.8 Å². The van der Waals surface area contributed by atoms with Crippen molar-refractivity contribution in [3.8, 4) is 35.3 Å². The fourth-order valence-electron chi connectivity index (χ4n) is 11.9. The van der Waals surface area contributed by atoms with Crippen molar-refractivity contribution < 1.29 is 28.4 Å². The largest absolute Gasteiger partial charge is 0.478 e. The highest BCUT2D eigenvalue weighted by Gasteiger charge is 2.28. The minimum Gasteiger partial charge on any atom is -0.478 e. The lowest BCUT2D eigenvalue weighted by molar-refractivity contribution is 0.290. The van der Waals surface area contributed by atoms with Crippen LogP contribution in [-0.4, -0.2) is 170 Å². The average molecular weight is 1500 g/mol. The third-order valence-electron chi connectivity index (χ3n) is 17.1. The van der Waals surface area contributed by atoms with Crippen molar-refractivity contribution in [2.75, 3.05) is 56.6 Å². The summed E-state index contributed by atoms with van der Waals surface area (Å²) in [4.78, 5) is 36.0. The summed E-state index contributed by atoms with van der Waals surface area (Å²) in [5.74, 6) is 3.71. The van der Waals surface area contributed by atoms with Gasteiger partial charge in [0, 0.05) is 75.1 Å². The molecule has 3 aliphatic rings. The number of hydrogen-bond donors (Lipinski definition) is 9. The molecule has 3 aliphatic heterocycles. The molecule has 0 aromatic carbocycles. The lowest BCUT2D eigenvalue weighted by Gasteiger charge is -2.15. The minimum absolute atomic E-state index is 0.0913. The Hall–Kier alpha value is -15.6. The van der Waals surface area contributed by atoms with E-state index >= 15 is 0 Å². The van der Waals surface area contributed by atoms with E-state index in [1.165, 1.54) is 32.4 Å². The fourth-order valence-corrected chi connectivity index (χ4v) is 11.9. The molecule has 0 aliphatic carbocycles. The summed E-state index contributed by atoms with van der Waals surface area (Å²) in [5, 5.41) is 61.9. The molecule has 37 heteroatoms. The molecule has 0 unspecified atom stereocenters. The monoisotopic (exact) mass is 1500 g/mol. The van der Waals surface area contributed by atoms with Gasteiger partial charge in [-0.25, -0.2) is 67.0 Å². The van der Waals surface area contributed by atoms with E-state index in [-0.39, 0.29) is 69.2 Å². The zero-order chi connectivity index (χ0) is 77.2. The number of nitrogens with zero attached hydrogens (tertiary/aromatic N) is 22. The number of amidine groups is 6. The van der Waals surface area contributed by atoms with Crippen molar-refractivity contribution in [2.45, 2.75) is 39.8 Å². The molecule has 0 atom stereocenters. The van der Waals surface area contributed by atoms with Crippen LogP contribution in [0, 0.1) is 16.2 Å². The number of nitrogens with two attached hydrogens (primary N) is 3. The Balaban J connectivity index is 0.000000136. The van der Waals surface area contributed by atoms with Crippen LogP contribution in [0.3, 0.4) is 0 Å². The van der Waals surface area contributed by atoms with E-state index in [1.807, 2.05) is 169 Å². The number of rotatable bonds is 22. The SMILES string of the molecule is CCOc1nn2ccccc2c1N=C1N=C(Nc2c(OCC)nn3ccccc23)C(=N)C=C1N.COc1nn2ccccc2c1N=C1N=C(Nc2c(OC)nn3ccccc23)C(=N)C=C1N.N=C1C=C(N)C(=Nc2c(OCCCn3ccnc3)nn3ccccc23)N=C1Nc1c(OCCCn2ccnc2)nn2ccccc12. The van der Waals surface area contributed by atoms with Gasteiger partial charge in [0.1, 0.15) is 17.1 Å². The van der Waals surface area contributed by atoms with Gasteiger partial charge in [0.25, 0.3) is 35.3 Å². The Bertz CT molecular complexity index is 6190. The van der Waals surface area contributed by atoms with Gasteiger partial charge >= 0.3 is 0 Å². The standard InChI is InChI=1S/C31H31N13O2.C23H23N9O2.C21H19N9O2/c32-22-19-23(33)29(37-27-25-8-2-4-14-44(25)40-31(27)46-18-6-12-42-16-10-35-21-42)38-28(22)36-26-24-7-1-3-13-43(24)39-30(26)45-17-5-11-41-15-9-34-20-41;1-3-33-22-18(16-9-5-7-11-31(16)29-22)26-20-14(24)13-15(25)21(28-20)27-19-17-10-6-8-12-32(17)30-23(19)34-4-2;1-31-20-16(14-7-3-5-9-29(14)27-20)24-18-12(22)11-13(23)19(26-18)25-17-15-8-4-6-10-30(15)28-21(17)32-2/h1-4,7-10,13-16,19-21,32H,5-6,11-12,17-18,33H2,(H,36,37,38);5-13,24H,3-4,25H2,1-2H3,(H,26,27,28);3-11,22H,23H2,1-2H3,(H,24,25,26). The second kappa shape index (κ2) is 32.2. The molecule has 112 heavy (non-hydrogen) atoms. The highest BCUT2D eigenvalue weighted by Crippen LogP contribution is 2.38. The molecule has 0 saturated carbocycles. The molecule has 37 nitrogen and oxygen atoms in total. The van der Waals surface area contributed by atoms with Gasteiger partial charge in [-0.3, -0.25) is 16.2 Å². The van der Waals surface area contributed by atoms with E-state index < -0.39 is 0 Å². The molecule has 564 valence electrons. The third-order valence-corrected chi connectivity index (χ3v) is 17.1. The van der Waals surface area contributed by atoms with Gasteiger partial charge in [-0.05, 0) is 118 Å². The minimum atomic E-state index is 0.0913. The van der Waals surface area contributed by atoms with Crippen molar-refractivity contribution in [3.05, 3.63) is 219 Å². The van der Waals surface area contributed by atoms with Gasteiger partial charge in [0.15, 0.2) is 52.1 Å². The summed E-state index contributed by atoms with van der Waals surface area (Å²) in [6, 6.07) is 33.9. The molecule has 17 heterocycles. The number of ether oxygens (including phenoxy) is 6. The highest BCUT2D eigenvalue weighted by atomic mass is 16.5. The van der Waals surface area contributed by atoms with Crippen LogP contribution >= 0.6 is 0 Å². The first-order valence-corrected chi connectivity index (χ1v) is 35.2. The van der Waals surface area contributed by atoms with Crippen molar-refractivity contribution in [2.24, 2.45) is 47.2 Å². The molecule has 0 amide bonds. The van der Waals surface area contributed by atoms with Gasteiger partial charge in [-0.1, -0.05) is 36.4 Å². The van der Waals surface area contributed by atoms with Crippen molar-refractivity contribution >= 4 is 119 Å². The van der Waals surface area contributed by atoms with Crippen LogP contribution in [0.5, 0.6) is 35.3 Å². The maximum atomic E-state index is 8.66. The predicted molar refractivity (Wildman–Crippen MR) is 426 cm³/mol. The van der Waals surface area contributed by atoms with Gasteiger partial charge in [-0.15, -0.1) is 30.6 Å².